The molecule has 2 aliphatic rings. The van der Waals surface area contributed by atoms with Gasteiger partial charge in [0.05, 0.1) is 12.2 Å². The van der Waals surface area contributed by atoms with Gasteiger partial charge >= 0.3 is 0 Å². The number of hydrogen-bond donors (Lipinski definition) is 1. The van der Waals surface area contributed by atoms with Crippen LogP contribution in [0.2, 0.25) is 0 Å². The molecule has 1 aromatic carbocycles. The monoisotopic (exact) mass is 204 g/mol. The lowest BCUT2D eigenvalue weighted by Gasteiger charge is -2.31. The quantitative estimate of drug-likeness (QED) is 0.819. The molecule has 0 aliphatic heterocycles. The molecule has 0 unspecified atom stereocenters. The normalized spacial score (nSPS) is 29.7. The smallest absolute Gasteiger partial charge is 0.119 e. The highest BCUT2D eigenvalue weighted by atomic mass is 16.5. The lowest BCUT2D eigenvalue weighted by Crippen LogP contribution is -2.26. The Morgan fingerprint density at radius 3 is 2.27 bits per heavy atom. The van der Waals surface area contributed by atoms with E-state index in [-0.39, 0.29) is 6.10 Å². The van der Waals surface area contributed by atoms with Crippen molar-refractivity contribution in [2.24, 2.45) is 0 Å². The van der Waals surface area contributed by atoms with Crippen LogP contribution in [-0.2, 0) is 0 Å². The third-order valence-corrected chi connectivity index (χ3v) is 3.29. The molecular weight excluding hydrogens is 188 g/mol. The molecule has 2 fully saturated rings. The number of aliphatic hydroxyl groups excluding tert-OH is 1. The van der Waals surface area contributed by atoms with Crippen molar-refractivity contribution in [2.45, 2.75) is 43.8 Å². The maximum Gasteiger partial charge on any atom is 0.119 e. The SMILES string of the molecule is O[C@H]1C[C@@H](c2ccc(OC3CC3)cc2)C1. The predicted molar refractivity (Wildman–Crippen MR) is 58.1 cm³/mol. The molecule has 3 rings (SSSR count). The van der Waals surface area contributed by atoms with Crippen LogP contribution in [0.4, 0.5) is 0 Å². The highest BCUT2D eigenvalue weighted by molar-refractivity contribution is 5.31. The summed E-state index contributed by atoms with van der Waals surface area (Å²) >= 11 is 0. The Morgan fingerprint density at radius 1 is 1.07 bits per heavy atom. The van der Waals surface area contributed by atoms with Crippen molar-refractivity contribution >= 4 is 0 Å². The summed E-state index contributed by atoms with van der Waals surface area (Å²) in [7, 11) is 0. The third kappa shape index (κ3) is 2.00. The second-order valence-electron chi connectivity index (χ2n) is 4.71. The first kappa shape index (κ1) is 9.22. The van der Waals surface area contributed by atoms with Crippen molar-refractivity contribution in [3.05, 3.63) is 29.8 Å². The molecule has 1 aromatic rings. The molecular formula is C13H16O2. The maximum atomic E-state index is 9.24. The number of ether oxygens (including phenoxy) is 1. The molecule has 0 radical (unpaired) electrons. The first-order valence-electron chi connectivity index (χ1n) is 5.76. The summed E-state index contributed by atoms with van der Waals surface area (Å²) < 4.78 is 5.68. The zero-order chi connectivity index (χ0) is 10.3. The van der Waals surface area contributed by atoms with E-state index in [9.17, 15) is 5.11 Å². The van der Waals surface area contributed by atoms with E-state index in [1.54, 1.807) is 0 Å². The summed E-state index contributed by atoms with van der Waals surface area (Å²) in [5.41, 5.74) is 1.34. The minimum atomic E-state index is -0.0719. The van der Waals surface area contributed by atoms with E-state index in [2.05, 4.69) is 24.3 Å². The van der Waals surface area contributed by atoms with Gasteiger partial charge in [-0.05, 0) is 49.3 Å². The van der Waals surface area contributed by atoms with Crippen molar-refractivity contribution in [3.8, 4) is 5.75 Å². The molecule has 0 heterocycles. The van der Waals surface area contributed by atoms with Crippen LogP contribution in [0.5, 0.6) is 5.75 Å². The van der Waals surface area contributed by atoms with Crippen LogP contribution in [0.3, 0.4) is 0 Å². The number of aliphatic hydroxyl groups is 1. The average Bonchev–Trinajstić information content (AvgIpc) is 2.99. The molecule has 2 heteroatoms. The van der Waals surface area contributed by atoms with Crippen LogP contribution >= 0.6 is 0 Å². The van der Waals surface area contributed by atoms with E-state index in [1.807, 2.05) is 0 Å². The largest absolute Gasteiger partial charge is 0.490 e. The van der Waals surface area contributed by atoms with Crippen LogP contribution < -0.4 is 4.74 Å². The standard InChI is InChI=1S/C13H16O2/c14-11-7-10(8-11)9-1-3-12(4-2-9)15-13-5-6-13/h1-4,10-11,13-14H,5-8H2/t10-,11+. The minimum absolute atomic E-state index is 0.0719. The lowest BCUT2D eigenvalue weighted by atomic mass is 9.78. The molecule has 0 saturated heterocycles. The summed E-state index contributed by atoms with van der Waals surface area (Å²) in [6.45, 7) is 0. The lowest BCUT2D eigenvalue weighted by molar-refractivity contribution is 0.0746. The number of hydrogen-bond acceptors (Lipinski definition) is 2. The van der Waals surface area contributed by atoms with Gasteiger partial charge in [-0.1, -0.05) is 12.1 Å². The van der Waals surface area contributed by atoms with Crippen molar-refractivity contribution in [3.63, 3.8) is 0 Å². The second kappa shape index (κ2) is 3.53. The van der Waals surface area contributed by atoms with Crippen LogP contribution in [-0.4, -0.2) is 17.3 Å². The molecule has 2 nitrogen and oxygen atoms in total. The fourth-order valence-electron chi connectivity index (χ4n) is 2.06. The Balaban J connectivity index is 1.64. The van der Waals surface area contributed by atoms with Gasteiger partial charge in [-0.25, -0.2) is 0 Å². The van der Waals surface area contributed by atoms with Gasteiger partial charge in [-0.2, -0.15) is 0 Å². The van der Waals surface area contributed by atoms with Crippen molar-refractivity contribution in [1.82, 2.24) is 0 Å². The Morgan fingerprint density at radius 2 is 1.73 bits per heavy atom. The highest BCUT2D eigenvalue weighted by Gasteiger charge is 2.28. The summed E-state index contributed by atoms with van der Waals surface area (Å²) in [6, 6.07) is 8.37. The number of benzene rings is 1. The van der Waals surface area contributed by atoms with Gasteiger partial charge in [-0.15, -0.1) is 0 Å². The zero-order valence-electron chi connectivity index (χ0n) is 8.73. The number of rotatable bonds is 3. The first-order valence-corrected chi connectivity index (χ1v) is 5.76. The van der Waals surface area contributed by atoms with Gasteiger partial charge < -0.3 is 9.84 Å². The average molecular weight is 204 g/mol. The Hall–Kier alpha value is -1.02. The molecule has 0 amide bonds. The van der Waals surface area contributed by atoms with Gasteiger partial charge in [0.2, 0.25) is 0 Å². The fraction of sp³-hybridized carbons (Fsp3) is 0.538. The fourth-order valence-corrected chi connectivity index (χ4v) is 2.06. The first-order chi connectivity index (χ1) is 7.31. The van der Waals surface area contributed by atoms with Gasteiger partial charge in [0.15, 0.2) is 0 Å². The second-order valence-corrected chi connectivity index (χ2v) is 4.71. The maximum absolute atomic E-state index is 9.24. The van der Waals surface area contributed by atoms with E-state index in [0.29, 0.717) is 12.0 Å². The van der Waals surface area contributed by atoms with E-state index in [4.69, 9.17) is 4.74 Å². The van der Waals surface area contributed by atoms with Gasteiger partial charge in [0.1, 0.15) is 5.75 Å². The summed E-state index contributed by atoms with van der Waals surface area (Å²) in [6.07, 6.45) is 4.65. The molecule has 1 N–H and O–H groups in total. The molecule has 2 aliphatic carbocycles. The van der Waals surface area contributed by atoms with Crippen molar-refractivity contribution in [2.75, 3.05) is 0 Å². The Labute approximate surface area is 89.9 Å². The predicted octanol–water partition coefficient (Wildman–Crippen LogP) is 2.47. The van der Waals surface area contributed by atoms with Crippen molar-refractivity contribution in [1.29, 1.82) is 0 Å². The third-order valence-electron chi connectivity index (χ3n) is 3.29. The molecule has 80 valence electrons. The summed E-state index contributed by atoms with van der Waals surface area (Å²) in [4.78, 5) is 0. The van der Waals surface area contributed by atoms with Crippen LogP contribution in [0.15, 0.2) is 24.3 Å². The van der Waals surface area contributed by atoms with Crippen molar-refractivity contribution < 1.29 is 9.84 Å². The van der Waals surface area contributed by atoms with Crippen LogP contribution in [0.1, 0.15) is 37.2 Å². The molecule has 0 spiro atoms. The Bertz CT molecular complexity index is 334. The van der Waals surface area contributed by atoms with E-state index < -0.39 is 0 Å². The van der Waals surface area contributed by atoms with E-state index in [1.165, 1.54) is 18.4 Å². The summed E-state index contributed by atoms with van der Waals surface area (Å²) in [5, 5.41) is 9.24. The molecule has 15 heavy (non-hydrogen) atoms. The van der Waals surface area contributed by atoms with Gasteiger partial charge in [-0.3, -0.25) is 0 Å². The minimum Gasteiger partial charge on any atom is -0.490 e. The molecule has 0 bridgehead atoms. The molecule has 0 aromatic heterocycles. The van der Waals surface area contributed by atoms with Gasteiger partial charge in [0.25, 0.3) is 0 Å². The van der Waals surface area contributed by atoms with E-state index in [0.717, 1.165) is 18.6 Å². The Kier molecular flexibility index (Phi) is 2.17. The zero-order valence-corrected chi connectivity index (χ0v) is 8.73. The van der Waals surface area contributed by atoms with E-state index >= 15 is 0 Å². The highest BCUT2D eigenvalue weighted by Crippen LogP contribution is 2.37. The molecule has 0 atom stereocenters. The topological polar surface area (TPSA) is 29.5 Å². The van der Waals surface area contributed by atoms with Crippen LogP contribution in [0, 0.1) is 0 Å². The van der Waals surface area contributed by atoms with Crippen LogP contribution in [0.25, 0.3) is 0 Å². The molecule has 2 saturated carbocycles. The van der Waals surface area contributed by atoms with Gasteiger partial charge in [0, 0.05) is 0 Å². The summed E-state index contributed by atoms with van der Waals surface area (Å²) in [5.74, 6) is 1.55.